The number of carbonyl (C=O) groups is 2. The Hall–Kier alpha value is -2.96. The van der Waals surface area contributed by atoms with E-state index in [2.05, 4.69) is 17.2 Å². The van der Waals surface area contributed by atoms with E-state index in [1.54, 1.807) is 30.4 Å². The van der Waals surface area contributed by atoms with Crippen LogP contribution in [-0.2, 0) is 9.53 Å². The van der Waals surface area contributed by atoms with Crippen molar-refractivity contribution >= 4 is 12.0 Å². The second-order valence-corrected chi connectivity index (χ2v) is 5.39. The van der Waals surface area contributed by atoms with Gasteiger partial charge in [0.1, 0.15) is 24.0 Å². The molecule has 0 aromatic heterocycles. The van der Waals surface area contributed by atoms with Gasteiger partial charge in [0.2, 0.25) is 0 Å². The minimum atomic E-state index is -0.802. The number of urea groups is 1. The summed E-state index contributed by atoms with van der Waals surface area (Å²) in [5.41, 5.74) is 0.870. The fourth-order valence-corrected chi connectivity index (χ4v) is 2.62. The first-order valence-electron chi connectivity index (χ1n) is 7.77. The van der Waals surface area contributed by atoms with Gasteiger partial charge in [-0.25, -0.2) is 4.79 Å². The summed E-state index contributed by atoms with van der Waals surface area (Å²) in [6.07, 6.45) is 3.50. The molecule has 7 nitrogen and oxygen atoms in total. The summed E-state index contributed by atoms with van der Waals surface area (Å²) in [4.78, 5) is 24.5. The van der Waals surface area contributed by atoms with E-state index in [1.807, 2.05) is 6.92 Å². The number of esters is 1. The Labute approximate surface area is 146 Å². The molecule has 1 fully saturated rings. The maximum Gasteiger partial charge on any atom is 0.319 e. The molecule has 1 aliphatic heterocycles. The van der Waals surface area contributed by atoms with Gasteiger partial charge in [0, 0.05) is 11.3 Å². The number of carbonyl (C=O) groups excluding carboxylic acids is 2. The standard InChI is InChI=1S/C18H22N2O5/c1-5-6-9-25-17(21)15-11(2)19-18(22)20-16(15)13-10-12(23-3)7-8-14(13)24-4/h5-8,10,15-16H,2,9H2,1,3-4H3,(H2,19,20,22)/b6-5+/t15-,16+/m0/s1. The molecule has 1 saturated heterocycles. The molecule has 2 N–H and O–H groups in total. The van der Waals surface area contributed by atoms with Crippen LogP contribution in [0.1, 0.15) is 18.5 Å². The molecule has 0 saturated carbocycles. The molecule has 1 aromatic carbocycles. The number of allylic oxidation sites excluding steroid dienone is 1. The SMILES string of the molecule is C=C1NC(=O)N[C@H](c2cc(OC)ccc2OC)[C@H]1C(=O)OC/C=C/C. The van der Waals surface area contributed by atoms with Crippen LogP contribution in [0.25, 0.3) is 0 Å². The number of rotatable bonds is 6. The van der Waals surface area contributed by atoms with Gasteiger partial charge in [0.05, 0.1) is 20.3 Å². The van der Waals surface area contributed by atoms with Crippen LogP contribution in [0.3, 0.4) is 0 Å². The summed E-state index contributed by atoms with van der Waals surface area (Å²) in [6, 6.07) is 4.03. The fourth-order valence-electron chi connectivity index (χ4n) is 2.62. The van der Waals surface area contributed by atoms with Crippen LogP contribution in [0.4, 0.5) is 4.79 Å². The summed E-state index contributed by atoms with van der Waals surface area (Å²) in [5, 5.41) is 5.28. The lowest BCUT2D eigenvalue weighted by atomic mass is 9.88. The molecule has 25 heavy (non-hydrogen) atoms. The lowest BCUT2D eigenvalue weighted by molar-refractivity contribution is -0.147. The number of amides is 2. The van der Waals surface area contributed by atoms with Crippen LogP contribution in [0.5, 0.6) is 11.5 Å². The van der Waals surface area contributed by atoms with E-state index in [0.717, 1.165) is 0 Å². The molecule has 0 aliphatic carbocycles. The molecule has 1 aliphatic rings. The minimum Gasteiger partial charge on any atom is -0.497 e. The predicted octanol–water partition coefficient (Wildman–Crippen LogP) is 2.31. The third kappa shape index (κ3) is 4.12. The average molecular weight is 346 g/mol. The molecule has 2 amide bonds. The zero-order chi connectivity index (χ0) is 18.4. The minimum absolute atomic E-state index is 0.148. The maximum atomic E-state index is 12.5. The Balaban J connectivity index is 2.41. The molecule has 0 bridgehead atoms. The molecule has 134 valence electrons. The van der Waals surface area contributed by atoms with Crippen molar-refractivity contribution in [1.82, 2.24) is 10.6 Å². The molecular formula is C18H22N2O5. The van der Waals surface area contributed by atoms with E-state index in [-0.39, 0.29) is 12.3 Å². The van der Waals surface area contributed by atoms with Gasteiger partial charge < -0.3 is 24.8 Å². The summed E-state index contributed by atoms with van der Waals surface area (Å²) >= 11 is 0. The molecule has 2 rings (SSSR count). The lowest BCUT2D eigenvalue weighted by Gasteiger charge is -2.33. The van der Waals surface area contributed by atoms with E-state index < -0.39 is 24.0 Å². The number of methoxy groups -OCH3 is 2. The zero-order valence-corrected chi connectivity index (χ0v) is 14.5. The molecule has 0 spiro atoms. The highest BCUT2D eigenvalue weighted by Crippen LogP contribution is 2.37. The number of hydrogen-bond acceptors (Lipinski definition) is 5. The third-order valence-corrected chi connectivity index (χ3v) is 3.85. The third-order valence-electron chi connectivity index (χ3n) is 3.85. The topological polar surface area (TPSA) is 85.9 Å². The molecule has 1 heterocycles. The van der Waals surface area contributed by atoms with E-state index in [9.17, 15) is 9.59 Å². The molecule has 7 heteroatoms. The van der Waals surface area contributed by atoms with Crippen LogP contribution in [0, 0.1) is 5.92 Å². The zero-order valence-electron chi connectivity index (χ0n) is 14.5. The van der Waals surface area contributed by atoms with Gasteiger partial charge in [0.15, 0.2) is 0 Å². The highest BCUT2D eigenvalue weighted by molar-refractivity contribution is 5.85. The van der Waals surface area contributed by atoms with Gasteiger partial charge in [-0.2, -0.15) is 0 Å². The molecular weight excluding hydrogens is 324 g/mol. The van der Waals surface area contributed by atoms with E-state index in [4.69, 9.17) is 14.2 Å². The highest BCUT2D eigenvalue weighted by Gasteiger charge is 2.40. The normalized spacial score (nSPS) is 20.0. The van der Waals surface area contributed by atoms with Crippen molar-refractivity contribution in [3.63, 3.8) is 0 Å². The monoisotopic (exact) mass is 346 g/mol. The Bertz CT molecular complexity index is 699. The first kappa shape index (κ1) is 18.4. The number of hydrogen-bond donors (Lipinski definition) is 2. The van der Waals surface area contributed by atoms with Crippen LogP contribution in [-0.4, -0.2) is 32.8 Å². The summed E-state index contributed by atoms with van der Waals surface area (Å²) in [6.45, 7) is 5.79. The molecule has 0 radical (unpaired) electrons. The Kier molecular flexibility index (Phi) is 6.05. The van der Waals surface area contributed by atoms with Crippen molar-refractivity contribution in [1.29, 1.82) is 0 Å². The van der Waals surface area contributed by atoms with Gasteiger partial charge in [0.25, 0.3) is 0 Å². The summed E-state index contributed by atoms with van der Waals surface area (Å²) in [7, 11) is 3.05. The fraction of sp³-hybridized carbons (Fsp3) is 0.333. The van der Waals surface area contributed by atoms with E-state index in [1.165, 1.54) is 14.2 Å². The predicted molar refractivity (Wildman–Crippen MR) is 92.4 cm³/mol. The molecule has 1 aromatic rings. The second-order valence-electron chi connectivity index (χ2n) is 5.39. The van der Waals surface area contributed by atoms with Crippen LogP contribution in [0.15, 0.2) is 42.6 Å². The van der Waals surface area contributed by atoms with Crippen molar-refractivity contribution in [3.8, 4) is 11.5 Å². The van der Waals surface area contributed by atoms with Gasteiger partial charge >= 0.3 is 12.0 Å². The van der Waals surface area contributed by atoms with Gasteiger partial charge in [-0.05, 0) is 25.1 Å². The van der Waals surface area contributed by atoms with Gasteiger partial charge in [-0.1, -0.05) is 18.7 Å². The van der Waals surface area contributed by atoms with E-state index in [0.29, 0.717) is 17.1 Å². The van der Waals surface area contributed by atoms with Crippen LogP contribution < -0.4 is 20.1 Å². The molecule has 2 atom stereocenters. The van der Waals surface area contributed by atoms with Crippen molar-refractivity contribution < 1.29 is 23.8 Å². The number of ether oxygens (including phenoxy) is 3. The summed E-state index contributed by atoms with van der Waals surface area (Å²) in [5.74, 6) is -0.197. The Morgan fingerprint density at radius 3 is 2.72 bits per heavy atom. The smallest absolute Gasteiger partial charge is 0.319 e. The van der Waals surface area contributed by atoms with Gasteiger partial charge in [-0.3, -0.25) is 4.79 Å². The van der Waals surface area contributed by atoms with Gasteiger partial charge in [-0.15, -0.1) is 0 Å². The van der Waals surface area contributed by atoms with E-state index >= 15 is 0 Å². The summed E-state index contributed by atoms with van der Waals surface area (Å²) < 4.78 is 15.9. The average Bonchev–Trinajstić information content (AvgIpc) is 2.60. The lowest BCUT2D eigenvalue weighted by Crippen LogP contribution is -2.51. The van der Waals surface area contributed by atoms with Crippen LogP contribution >= 0.6 is 0 Å². The first-order valence-corrected chi connectivity index (χ1v) is 7.77. The Morgan fingerprint density at radius 2 is 2.08 bits per heavy atom. The highest BCUT2D eigenvalue weighted by atomic mass is 16.5. The quantitative estimate of drug-likeness (QED) is 0.610. The molecule has 0 unspecified atom stereocenters. The maximum absolute atomic E-state index is 12.5. The van der Waals surface area contributed by atoms with Crippen molar-refractivity contribution in [2.45, 2.75) is 13.0 Å². The first-order chi connectivity index (χ1) is 12.0. The number of nitrogens with one attached hydrogen (secondary N) is 2. The van der Waals surface area contributed by atoms with Crippen molar-refractivity contribution in [2.24, 2.45) is 5.92 Å². The number of benzene rings is 1. The second kappa shape index (κ2) is 8.23. The largest absolute Gasteiger partial charge is 0.497 e. The Morgan fingerprint density at radius 1 is 1.32 bits per heavy atom. The van der Waals surface area contributed by atoms with Crippen molar-refractivity contribution in [2.75, 3.05) is 20.8 Å². The van der Waals surface area contributed by atoms with Crippen LogP contribution in [0.2, 0.25) is 0 Å². The van der Waals surface area contributed by atoms with Crippen molar-refractivity contribution in [3.05, 3.63) is 48.2 Å².